The highest BCUT2D eigenvalue weighted by Crippen LogP contribution is 2.34. The fourth-order valence-electron chi connectivity index (χ4n) is 3.32. The molecule has 2 aliphatic rings. The topological polar surface area (TPSA) is 23.6 Å². The number of hydrogen-bond donors (Lipinski definition) is 0. The minimum atomic E-state index is 0.101. The molecule has 2 saturated heterocycles. The zero-order valence-electron chi connectivity index (χ0n) is 12.1. The number of halogens is 1. The first-order valence-corrected chi connectivity index (χ1v) is 7.70. The quantitative estimate of drug-likeness (QED) is 0.855. The van der Waals surface area contributed by atoms with Gasteiger partial charge in [0.1, 0.15) is 0 Å². The Morgan fingerprint density at radius 1 is 1.30 bits per heavy atom. The number of carbonyl (C=O) groups excluding carboxylic acids is 1. The van der Waals surface area contributed by atoms with Crippen LogP contribution in [-0.2, 0) is 11.3 Å². The molecule has 0 N–H and O–H groups in total. The molecule has 3 rings (SSSR count). The number of benzene rings is 1. The Bertz CT molecular complexity index is 517. The van der Waals surface area contributed by atoms with Crippen molar-refractivity contribution in [1.29, 1.82) is 0 Å². The summed E-state index contributed by atoms with van der Waals surface area (Å²) in [6.45, 7) is 7.74. The molecule has 0 radical (unpaired) electrons. The van der Waals surface area contributed by atoms with Crippen molar-refractivity contribution in [2.24, 2.45) is 11.8 Å². The third-order valence-corrected chi connectivity index (χ3v) is 4.85. The highest BCUT2D eigenvalue weighted by molar-refractivity contribution is 6.31. The molecule has 1 amide bonds. The van der Waals surface area contributed by atoms with Crippen molar-refractivity contribution in [2.75, 3.05) is 19.6 Å². The highest BCUT2D eigenvalue weighted by atomic mass is 35.5. The van der Waals surface area contributed by atoms with E-state index in [0.717, 1.165) is 31.2 Å². The van der Waals surface area contributed by atoms with Crippen molar-refractivity contribution in [1.82, 2.24) is 9.80 Å². The maximum Gasteiger partial charge on any atom is 0.225 e. The second-order valence-electron chi connectivity index (χ2n) is 6.25. The van der Waals surface area contributed by atoms with Crippen LogP contribution in [0.4, 0.5) is 0 Å². The Morgan fingerprint density at radius 2 is 2.05 bits per heavy atom. The van der Waals surface area contributed by atoms with Gasteiger partial charge < -0.3 is 4.90 Å². The van der Waals surface area contributed by atoms with Crippen LogP contribution in [0, 0.1) is 11.8 Å². The molecular weight excluding hydrogens is 272 g/mol. The van der Waals surface area contributed by atoms with Crippen LogP contribution in [0.5, 0.6) is 0 Å². The van der Waals surface area contributed by atoms with Crippen LogP contribution in [0.25, 0.3) is 0 Å². The minimum absolute atomic E-state index is 0.101. The number of fused-ring (bicyclic) bond motifs is 1. The molecule has 2 heterocycles. The maximum absolute atomic E-state index is 12.1. The molecule has 1 aromatic carbocycles. The van der Waals surface area contributed by atoms with Crippen molar-refractivity contribution in [3.05, 3.63) is 34.9 Å². The number of likely N-dealkylation sites (tertiary alicyclic amines) is 2. The molecule has 0 aliphatic carbocycles. The van der Waals surface area contributed by atoms with Gasteiger partial charge in [0.2, 0.25) is 5.91 Å². The Kier molecular flexibility index (Phi) is 3.74. The van der Waals surface area contributed by atoms with Crippen LogP contribution >= 0.6 is 11.6 Å². The molecule has 0 aromatic heterocycles. The third kappa shape index (κ3) is 2.45. The normalized spacial score (nSPS) is 25.7. The van der Waals surface area contributed by atoms with E-state index in [1.807, 2.05) is 36.9 Å². The van der Waals surface area contributed by atoms with Gasteiger partial charge in [-0.05, 0) is 11.6 Å². The summed E-state index contributed by atoms with van der Waals surface area (Å²) in [5.74, 6) is 1.04. The van der Waals surface area contributed by atoms with Gasteiger partial charge in [0.05, 0.1) is 0 Å². The largest absolute Gasteiger partial charge is 0.341 e. The van der Waals surface area contributed by atoms with Crippen LogP contribution in [-0.4, -0.2) is 41.4 Å². The van der Waals surface area contributed by atoms with E-state index in [1.54, 1.807) is 0 Å². The molecule has 0 saturated carbocycles. The lowest BCUT2D eigenvalue weighted by molar-refractivity contribution is -0.133. The third-order valence-electron chi connectivity index (χ3n) is 4.48. The molecule has 20 heavy (non-hydrogen) atoms. The number of carbonyl (C=O) groups is 1. The fraction of sp³-hybridized carbons (Fsp3) is 0.562. The summed E-state index contributed by atoms with van der Waals surface area (Å²) in [7, 11) is 0. The number of hydrogen-bond acceptors (Lipinski definition) is 2. The second-order valence-corrected chi connectivity index (χ2v) is 6.65. The summed E-state index contributed by atoms with van der Waals surface area (Å²) in [6, 6.07) is 8.54. The van der Waals surface area contributed by atoms with E-state index >= 15 is 0 Å². The van der Waals surface area contributed by atoms with Gasteiger partial charge in [-0.15, -0.1) is 0 Å². The predicted octanol–water partition coefficient (Wildman–Crippen LogP) is 2.64. The van der Waals surface area contributed by atoms with Gasteiger partial charge in [-0.25, -0.2) is 0 Å². The van der Waals surface area contributed by atoms with Crippen LogP contribution in [0.2, 0.25) is 5.02 Å². The van der Waals surface area contributed by atoms with Gasteiger partial charge in [0.15, 0.2) is 0 Å². The van der Waals surface area contributed by atoms with E-state index < -0.39 is 0 Å². The van der Waals surface area contributed by atoms with Gasteiger partial charge in [-0.3, -0.25) is 9.69 Å². The molecule has 4 heteroatoms. The van der Waals surface area contributed by atoms with Crippen molar-refractivity contribution in [3.8, 4) is 0 Å². The molecule has 2 fully saturated rings. The van der Waals surface area contributed by atoms with Crippen LogP contribution in [0.1, 0.15) is 19.4 Å². The summed E-state index contributed by atoms with van der Waals surface area (Å²) in [5.41, 5.74) is 1.18. The standard InChI is InChI=1S/C16H21ClN2O/c1-11(2)16(20)19-9-13-8-18(15(13)10-19)7-12-5-3-4-6-14(12)17/h3-6,11,13,15H,7-10H2,1-2H3/t13-,15+/m0/s1. The molecule has 3 nitrogen and oxygen atoms in total. The van der Waals surface area contributed by atoms with Crippen molar-refractivity contribution in [2.45, 2.75) is 26.4 Å². The van der Waals surface area contributed by atoms with E-state index in [2.05, 4.69) is 11.0 Å². The SMILES string of the molecule is CC(C)C(=O)N1C[C@@H]2CN(Cc3ccccc3Cl)[C@@H]2C1. The highest BCUT2D eigenvalue weighted by Gasteiger charge is 2.46. The summed E-state index contributed by atoms with van der Waals surface area (Å²) >= 11 is 6.22. The molecule has 108 valence electrons. The number of amides is 1. The molecule has 0 bridgehead atoms. The van der Waals surface area contributed by atoms with E-state index in [-0.39, 0.29) is 11.8 Å². The molecule has 0 unspecified atom stereocenters. The summed E-state index contributed by atoms with van der Waals surface area (Å²) < 4.78 is 0. The summed E-state index contributed by atoms with van der Waals surface area (Å²) in [5, 5.41) is 0.837. The molecule has 0 spiro atoms. The Hall–Kier alpha value is -1.06. The fourth-order valence-corrected chi connectivity index (χ4v) is 3.51. The Balaban J connectivity index is 1.61. The Morgan fingerprint density at radius 3 is 2.75 bits per heavy atom. The van der Waals surface area contributed by atoms with Crippen molar-refractivity contribution in [3.63, 3.8) is 0 Å². The first-order valence-electron chi connectivity index (χ1n) is 7.32. The van der Waals surface area contributed by atoms with E-state index in [1.165, 1.54) is 5.56 Å². The summed E-state index contributed by atoms with van der Waals surface area (Å²) in [4.78, 5) is 16.5. The number of nitrogens with zero attached hydrogens (tertiary/aromatic N) is 2. The van der Waals surface area contributed by atoms with Crippen LogP contribution in [0.3, 0.4) is 0 Å². The lowest BCUT2D eigenvalue weighted by atomic mass is 9.91. The lowest BCUT2D eigenvalue weighted by Crippen LogP contribution is -2.54. The van der Waals surface area contributed by atoms with Gasteiger partial charge in [-0.2, -0.15) is 0 Å². The molecular formula is C16H21ClN2O. The van der Waals surface area contributed by atoms with Crippen molar-refractivity contribution < 1.29 is 4.79 Å². The molecule has 2 atom stereocenters. The Labute approximate surface area is 125 Å². The van der Waals surface area contributed by atoms with Gasteiger partial charge in [0, 0.05) is 49.1 Å². The van der Waals surface area contributed by atoms with E-state index in [9.17, 15) is 4.79 Å². The van der Waals surface area contributed by atoms with Crippen LogP contribution in [0.15, 0.2) is 24.3 Å². The molecule has 1 aromatic rings. The van der Waals surface area contributed by atoms with E-state index in [4.69, 9.17) is 11.6 Å². The smallest absolute Gasteiger partial charge is 0.225 e. The first kappa shape index (κ1) is 13.9. The van der Waals surface area contributed by atoms with Gasteiger partial charge in [-0.1, -0.05) is 43.6 Å². The minimum Gasteiger partial charge on any atom is -0.341 e. The van der Waals surface area contributed by atoms with Gasteiger partial charge in [0.25, 0.3) is 0 Å². The van der Waals surface area contributed by atoms with Gasteiger partial charge >= 0.3 is 0 Å². The number of rotatable bonds is 3. The zero-order chi connectivity index (χ0) is 14.3. The lowest BCUT2D eigenvalue weighted by Gasteiger charge is -2.43. The average Bonchev–Trinajstić information content (AvgIpc) is 2.74. The monoisotopic (exact) mass is 292 g/mol. The maximum atomic E-state index is 12.1. The predicted molar refractivity (Wildman–Crippen MR) is 80.6 cm³/mol. The van der Waals surface area contributed by atoms with Crippen molar-refractivity contribution >= 4 is 17.5 Å². The molecule has 2 aliphatic heterocycles. The average molecular weight is 293 g/mol. The first-order chi connectivity index (χ1) is 9.56. The zero-order valence-corrected chi connectivity index (χ0v) is 12.8. The summed E-state index contributed by atoms with van der Waals surface area (Å²) in [6.07, 6.45) is 0. The van der Waals surface area contributed by atoms with Crippen LogP contribution < -0.4 is 0 Å². The second kappa shape index (κ2) is 5.38. The van der Waals surface area contributed by atoms with E-state index in [0.29, 0.717) is 12.0 Å².